The molecule has 2 amide bonds. The number of amides is 2. The van der Waals surface area contributed by atoms with Crippen LogP contribution in [0.25, 0.3) is 16.9 Å². The van der Waals surface area contributed by atoms with Crippen LogP contribution in [0.3, 0.4) is 0 Å². The van der Waals surface area contributed by atoms with E-state index in [1.54, 1.807) is 67.9 Å². The summed E-state index contributed by atoms with van der Waals surface area (Å²) in [6.45, 7) is 7.26. The van der Waals surface area contributed by atoms with Crippen molar-refractivity contribution < 1.29 is 23.9 Å². The number of rotatable bonds is 7. The molecule has 0 bridgehead atoms. The molecule has 1 atom stereocenters. The Balaban J connectivity index is 1.63. The number of methoxy groups -OCH3 is 1. The van der Waals surface area contributed by atoms with Crippen LogP contribution >= 0.6 is 0 Å². The van der Waals surface area contributed by atoms with Crippen LogP contribution in [0.15, 0.2) is 66.9 Å². The van der Waals surface area contributed by atoms with E-state index in [2.05, 4.69) is 20.7 Å². The third-order valence-corrected chi connectivity index (χ3v) is 5.81. The average Bonchev–Trinajstić information content (AvgIpc) is 3.37. The average molecular weight is 530 g/mol. The fourth-order valence-corrected chi connectivity index (χ4v) is 3.94. The fraction of sp³-hybridized carbons (Fsp3) is 0.276. The molecule has 2 N–H and O–H groups in total. The lowest BCUT2D eigenvalue weighted by molar-refractivity contribution is -0.139. The van der Waals surface area contributed by atoms with Crippen molar-refractivity contribution in [1.29, 1.82) is 0 Å². The Morgan fingerprint density at radius 3 is 2.54 bits per heavy atom. The predicted molar refractivity (Wildman–Crippen MR) is 146 cm³/mol. The van der Waals surface area contributed by atoms with Gasteiger partial charge in [0.05, 0.1) is 25.1 Å². The number of nitrogens with one attached hydrogen (secondary N) is 2. The number of aromatic nitrogens is 3. The monoisotopic (exact) mass is 529 g/mol. The number of ether oxygens (including phenoxy) is 2. The normalized spacial score (nSPS) is 12.0. The lowest BCUT2D eigenvalue weighted by atomic mass is 10.0. The van der Waals surface area contributed by atoms with Crippen molar-refractivity contribution in [2.45, 2.75) is 45.8 Å². The largest absolute Gasteiger partial charge is 0.469 e. The van der Waals surface area contributed by atoms with Gasteiger partial charge in [0.15, 0.2) is 11.5 Å². The lowest BCUT2D eigenvalue weighted by Crippen LogP contribution is -2.34. The number of carbonyl (C=O) groups is 3. The minimum Gasteiger partial charge on any atom is -0.469 e. The van der Waals surface area contributed by atoms with Gasteiger partial charge in [-0.05, 0) is 63.1 Å². The Hall–Kier alpha value is -4.73. The van der Waals surface area contributed by atoms with Gasteiger partial charge in [-0.25, -0.2) is 14.3 Å². The standard InChI is InChI=1S/C29H31N5O5/c1-18(30-28(37)39-29(2,3)4)19-11-8-12-21(16-19)26-32-25(23-14-9-15-34(23)33-26)27(36)31-22-13-7-6-10-20(22)17-24(35)38-5/h6-16,18H,17H2,1-5H3,(H,30,37)(H,31,36). The number of carbonyl (C=O) groups excluding carboxylic acids is 3. The molecule has 10 heteroatoms. The van der Waals surface area contributed by atoms with Crippen molar-refractivity contribution in [2.75, 3.05) is 12.4 Å². The molecule has 0 spiro atoms. The Morgan fingerprint density at radius 2 is 1.79 bits per heavy atom. The molecule has 39 heavy (non-hydrogen) atoms. The summed E-state index contributed by atoms with van der Waals surface area (Å²) in [6.07, 6.45) is 1.24. The van der Waals surface area contributed by atoms with Crippen LogP contribution < -0.4 is 10.6 Å². The summed E-state index contributed by atoms with van der Waals surface area (Å²) in [6, 6.07) is 17.6. The van der Waals surface area contributed by atoms with Crippen LogP contribution in [0, 0.1) is 0 Å². The summed E-state index contributed by atoms with van der Waals surface area (Å²) < 4.78 is 11.7. The van der Waals surface area contributed by atoms with Gasteiger partial charge in [0, 0.05) is 17.4 Å². The Bertz CT molecular complexity index is 1520. The zero-order valence-electron chi connectivity index (χ0n) is 22.5. The van der Waals surface area contributed by atoms with Crippen LogP contribution in [-0.4, -0.2) is 45.3 Å². The highest BCUT2D eigenvalue weighted by atomic mass is 16.6. The van der Waals surface area contributed by atoms with Gasteiger partial charge in [0.25, 0.3) is 5.91 Å². The molecule has 4 aromatic rings. The summed E-state index contributed by atoms with van der Waals surface area (Å²) in [4.78, 5) is 42.1. The minimum atomic E-state index is -0.609. The smallest absolute Gasteiger partial charge is 0.408 e. The van der Waals surface area contributed by atoms with E-state index in [1.165, 1.54) is 7.11 Å². The topological polar surface area (TPSA) is 124 Å². The Kier molecular flexibility index (Phi) is 7.94. The van der Waals surface area contributed by atoms with E-state index in [4.69, 9.17) is 9.47 Å². The molecule has 0 saturated carbocycles. The Morgan fingerprint density at radius 1 is 1.03 bits per heavy atom. The third kappa shape index (κ3) is 6.78. The number of anilines is 1. The molecular formula is C29H31N5O5. The lowest BCUT2D eigenvalue weighted by Gasteiger charge is -2.22. The molecule has 4 rings (SSSR count). The highest BCUT2D eigenvalue weighted by molar-refractivity contribution is 6.08. The molecule has 2 heterocycles. The van der Waals surface area contributed by atoms with Crippen molar-refractivity contribution >= 4 is 29.2 Å². The fourth-order valence-electron chi connectivity index (χ4n) is 3.94. The van der Waals surface area contributed by atoms with Gasteiger partial charge >= 0.3 is 12.1 Å². The number of nitrogens with zero attached hydrogens (tertiary/aromatic N) is 3. The highest BCUT2D eigenvalue weighted by Gasteiger charge is 2.21. The molecule has 0 aliphatic heterocycles. The van der Waals surface area contributed by atoms with Crippen LogP contribution in [0.5, 0.6) is 0 Å². The molecule has 0 aliphatic rings. The number of alkyl carbamates (subject to hydrolysis) is 1. The zero-order chi connectivity index (χ0) is 28.2. The van der Waals surface area contributed by atoms with Crippen molar-refractivity contribution in [1.82, 2.24) is 19.9 Å². The summed E-state index contributed by atoms with van der Waals surface area (Å²) in [5.41, 5.74) is 2.68. The van der Waals surface area contributed by atoms with E-state index in [9.17, 15) is 14.4 Å². The summed E-state index contributed by atoms with van der Waals surface area (Å²) in [5.74, 6) is -0.529. The van der Waals surface area contributed by atoms with Crippen molar-refractivity contribution in [3.8, 4) is 11.4 Å². The van der Waals surface area contributed by atoms with Crippen molar-refractivity contribution in [2.24, 2.45) is 0 Å². The highest BCUT2D eigenvalue weighted by Crippen LogP contribution is 2.24. The number of hydrogen-bond donors (Lipinski definition) is 2. The van der Waals surface area contributed by atoms with Gasteiger partial charge in [-0.1, -0.05) is 36.4 Å². The van der Waals surface area contributed by atoms with Gasteiger partial charge in [-0.3, -0.25) is 9.59 Å². The third-order valence-electron chi connectivity index (χ3n) is 5.81. The van der Waals surface area contributed by atoms with E-state index in [0.717, 1.165) is 5.56 Å². The first-order valence-corrected chi connectivity index (χ1v) is 12.5. The molecule has 2 aromatic heterocycles. The van der Waals surface area contributed by atoms with Crippen LogP contribution in [-0.2, 0) is 20.7 Å². The molecule has 0 saturated heterocycles. The van der Waals surface area contributed by atoms with E-state index in [1.807, 2.05) is 31.2 Å². The second-order valence-corrected chi connectivity index (χ2v) is 9.98. The first-order valence-electron chi connectivity index (χ1n) is 12.5. The summed E-state index contributed by atoms with van der Waals surface area (Å²) in [5, 5.41) is 10.3. The van der Waals surface area contributed by atoms with Gasteiger partial charge in [0.2, 0.25) is 0 Å². The predicted octanol–water partition coefficient (Wildman–Crippen LogP) is 4.95. The SMILES string of the molecule is COC(=O)Cc1ccccc1NC(=O)c1nc(-c2cccc(C(C)NC(=O)OC(C)(C)C)c2)nn2cccc12. The molecule has 10 nitrogen and oxygen atoms in total. The second kappa shape index (κ2) is 11.3. The van der Waals surface area contributed by atoms with E-state index >= 15 is 0 Å². The van der Waals surface area contributed by atoms with E-state index < -0.39 is 23.6 Å². The summed E-state index contributed by atoms with van der Waals surface area (Å²) in [7, 11) is 1.32. The van der Waals surface area contributed by atoms with E-state index in [0.29, 0.717) is 28.2 Å². The maximum atomic E-state index is 13.4. The zero-order valence-corrected chi connectivity index (χ0v) is 22.5. The van der Waals surface area contributed by atoms with Gasteiger partial charge in [-0.2, -0.15) is 0 Å². The second-order valence-electron chi connectivity index (χ2n) is 9.98. The maximum Gasteiger partial charge on any atom is 0.408 e. The van der Waals surface area contributed by atoms with Crippen LogP contribution in [0.1, 0.15) is 55.4 Å². The van der Waals surface area contributed by atoms with Crippen molar-refractivity contribution in [3.05, 3.63) is 83.7 Å². The number of esters is 1. The molecule has 0 fully saturated rings. The van der Waals surface area contributed by atoms with Gasteiger partial charge < -0.3 is 20.1 Å². The van der Waals surface area contributed by atoms with Crippen LogP contribution in [0.4, 0.5) is 10.5 Å². The molecule has 0 aliphatic carbocycles. The first kappa shape index (κ1) is 27.3. The molecular weight excluding hydrogens is 498 g/mol. The van der Waals surface area contributed by atoms with Gasteiger partial charge in [0.1, 0.15) is 5.60 Å². The van der Waals surface area contributed by atoms with Gasteiger partial charge in [-0.15, -0.1) is 5.10 Å². The minimum absolute atomic E-state index is 0.0187. The number of benzene rings is 2. The number of fused-ring (bicyclic) bond motifs is 1. The quantitative estimate of drug-likeness (QED) is 0.325. The Labute approximate surface area is 226 Å². The molecule has 202 valence electrons. The molecule has 1 unspecified atom stereocenters. The summed E-state index contributed by atoms with van der Waals surface area (Å²) >= 11 is 0. The number of para-hydroxylation sites is 1. The van der Waals surface area contributed by atoms with E-state index in [-0.39, 0.29) is 18.2 Å². The first-order chi connectivity index (χ1) is 18.5. The number of hydrogen-bond acceptors (Lipinski definition) is 7. The molecule has 0 radical (unpaired) electrons. The van der Waals surface area contributed by atoms with Crippen molar-refractivity contribution in [3.63, 3.8) is 0 Å². The van der Waals surface area contributed by atoms with Crippen LogP contribution in [0.2, 0.25) is 0 Å². The molecule has 2 aromatic carbocycles. The maximum absolute atomic E-state index is 13.4.